The molecule has 0 bridgehead atoms. The highest BCUT2D eigenvalue weighted by Crippen LogP contribution is 2.42. The van der Waals surface area contributed by atoms with Crippen molar-refractivity contribution in [1.29, 1.82) is 0 Å². The van der Waals surface area contributed by atoms with E-state index in [0.29, 0.717) is 0 Å². The summed E-state index contributed by atoms with van der Waals surface area (Å²) in [4.78, 5) is 2.48. The molecule has 4 rings (SSSR count). The molecule has 0 unspecified atom stereocenters. The zero-order valence-electron chi connectivity index (χ0n) is 15.4. The number of hydrogen-bond acceptors (Lipinski definition) is 4. The van der Waals surface area contributed by atoms with E-state index in [1.807, 2.05) is 0 Å². The highest BCUT2D eigenvalue weighted by Gasteiger charge is 2.52. The highest BCUT2D eigenvalue weighted by atomic mass is 16.7. The molecule has 1 aliphatic carbocycles. The molecule has 2 aliphatic heterocycles. The number of hydrogen-bond donors (Lipinski definition) is 1. The van der Waals surface area contributed by atoms with Crippen LogP contribution >= 0.6 is 0 Å². The fraction of sp³-hybridized carbons (Fsp3) is 0.684. The SMILES string of the molecule is CC1(C)OB(c2cc(C3CC3)cc(N3CCNCC3)c2)OC1(C)C. The summed E-state index contributed by atoms with van der Waals surface area (Å²) in [6, 6.07) is 6.97. The first-order chi connectivity index (χ1) is 11.4. The second-order valence-electron chi connectivity index (χ2n) is 8.46. The summed E-state index contributed by atoms with van der Waals surface area (Å²) in [6.07, 6.45) is 2.63. The summed E-state index contributed by atoms with van der Waals surface area (Å²) in [6.45, 7) is 12.7. The molecule has 2 heterocycles. The Labute approximate surface area is 146 Å². The van der Waals surface area contributed by atoms with Crippen LogP contribution in [0.25, 0.3) is 0 Å². The van der Waals surface area contributed by atoms with Crippen molar-refractivity contribution >= 4 is 18.3 Å². The van der Waals surface area contributed by atoms with Crippen molar-refractivity contribution in [3.8, 4) is 0 Å². The van der Waals surface area contributed by atoms with Gasteiger partial charge in [-0.25, -0.2) is 0 Å². The average molecular weight is 328 g/mol. The van der Waals surface area contributed by atoms with E-state index in [-0.39, 0.29) is 18.3 Å². The summed E-state index contributed by atoms with van der Waals surface area (Å²) in [7, 11) is -0.268. The summed E-state index contributed by atoms with van der Waals surface area (Å²) < 4.78 is 12.6. The molecule has 24 heavy (non-hydrogen) atoms. The molecule has 0 radical (unpaired) electrons. The van der Waals surface area contributed by atoms with E-state index >= 15 is 0 Å². The van der Waals surface area contributed by atoms with Crippen LogP contribution in [0, 0.1) is 0 Å². The van der Waals surface area contributed by atoms with E-state index in [4.69, 9.17) is 9.31 Å². The molecule has 130 valence electrons. The lowest BCUT2D eigenvalue weighted by molar-refractivity contribution is 0.00578. The second kappa shape index (κ2) is 5.75. The first-order valence-corrected chi connectivity index (χ1v) is 9.32. The van der Waals surface area contributed by atoms with Crippen LogP contribution in [0.2, 0.25) is 0 Å². The zero-order valence-corrected chi connectivity index (χ0v) is 15.4. The smallest absolute Gasteiger partial charge is 0.399 e. The van der Waals surface area contributed by atoms with Crippen molar-refractivity contribution in [2.24, 2.45) is 0 Å². The van der Waals surface area contributed by atoms with Gasteiger partial charge >= 0.3 is 7.12 Å². The molecule has 1 N–H and O–H groups in total. The molecule has 1 aromatic rings. The van der Waals surface area contributed by atoms with E-state index in [1.165, 1.54) is 29.6 Å². The molecule has 0 amide bonds. The Morgan fingerprint density at radius 1 is 1.00 bits per heavy atom. The van der Waals surface area contributed by atoms with Crippen molar-refractivity contribution < 1.29 is 9.31 Å². The summed E-state index contributed by atoms with van der Waals surface area (Å²) >= 11 is 0. The molecular formula is C19H29BN2O2. The molecule has 0 spiro atoms. The minimum absolute atomic E-state index is 0.268. The van der Waals surface area contributed by atoms with Gasteiger partial charge in [0.2, 0.25) is 0 Å². The fourth-order valence-electron chi connectivity index (χ4n) is 3.53. The number of anilines is 1. The minimum atomic E-state index is -0.289. The average Bonchev–Trinajstić information content (AvgIpc) is 3.36. The number of nitrogens with one attached hydrogen (secondary N) is 1. The summed E-state index contributed by atoms with van der Waals surface area (Å²) in [5.74, 6) is 0.731. The van der Waals surface area contributed by atoms with E-state index in [1.54, 1.807) is 0 Å². The van der Waals surface area contributed by atoms with Gasteiger partial charge in [0.1, 0.15) is 0 Å². The molecule has 4 nitrogen and oxygen atoms in total. The number of rotatable bonds is 3. The molecule has 3 fully saturated rings. The monoisotopic (exact) mass is 328 g/mol. The maximum Gasteiger partial charge on any atom is 0.494 e. The summed E-state index contributed by atoms with van der Waals surface area (Å²) in [5.41, 5.74) is 3.37. The van der Waals surface area contributed by atoms with Gasteiger partial charge in [-0.2, -0.15) is 0 Å². The number of benzene rings is 1. The standard InChI is InChI=1S/C19H29BN2O2/c1-18(2)19(3,4)24-20(23-18)16-11-15(14-5-6-14)12-17(13-16)22-9-7-21-8-10-22/h11-14,21H,5-10H2,1-4H3. The first kappa shape index (κ1) is 16.4. The molecule has 2 saturated heterocycles. The van der Waals surface area contributed by atoms with Crippen LogP contribution in [0.3, 0.4) is 0 Å². The Hall–Kier alpha value is -1.04. The Morgan fingerprint density at radius 2 is 1.62 bits per heavy atom. The lowest BCUT2D eigenvalue weighted by atomic mass is 9.77. The van der Waals surface area contributed by atoms with Gasteiger partial charge in [0.15, 0.2) is 0 Å². The van der Waals surface area contributed by atoms with Crippen LogP contribution in [0.15, 0.2) is 18.2 Å². The maximum atomic E-state index is 6.29. The topological polar surface area (TPSA) is 33.7 Å². The molecule has 1 saturated carbocycles. The highest BCUT2D eigenvalue weighted by molar-refractivity contribution is 6.62. The molecule has 3 aliphatic rings. The van der Waals surface area contributed by atoms with Crippen LogP contribution < -0.4 is 15.7 Å². The molecule has 0 atom stereocenters. The third kappa shape index (κ3) is 2.98. The van der Waals surface area contributed by atoms with Crippen LogP contribution in [0.5, 0.6) is 0 Å². The van der Waals surface area contributed by atoms with Crippen molar-refractivity contribution in [2.45, 2.75) is 57.7 Å². The maximum absolute atomic E-state index is 6.29. The normalized spacial score (nSPS) is 26.0. The Kier molecular flexibility index (Phi) is 3.94. The van der Waals surface area contributed by atoms with Gasteiger partial charge in [0, 0.05) is 31.9 Å². The van der Waals surface area contributed by atoms with E-state index in [9.17, 15) is 0 Å². The van der Waals surface area contributed by atoms with Crippen molar-refractivity contribution in [2.75, 3.05) is 31.1 Å². The third-order valence-electron chi connectivity index (χ3n) is 6.02. The van der Waals surface area contributed by atoms with Gasteiger partial charge in [0.05, 0.1) is 11.2 Å². The minimum Gasteiger partial charge on any atom is -0.399 e. The quantitative estimate of drug-likeness (QED) is 0.863. The number of nitrogens with zero attached hydrogens (tertiary/aromatic N) is 1. The Bertz CT molecular complexity index is 606. The van der Waals surface area contributed by atoms with Crippen LogP contribution in [0.1, 0.15) is 52.0 Å². The molecular weight excluding hydrogens is 299 g/mol. The van der Waals surface area contributed by atoms with Gasteiger partial charge in [-0.15, -0.1) is 0 Å². The Balaban J connectivity index is 1.66. The fourth-order valence-corrected chi connectivity index (χ4v) is 3.53. The second-order valence-corrected chi connectivity index (χ2v) is 8.46. The predicted octanol–water partition coefficient (Wildman–Crippen LogP) is 2.27. The van der Waals surface area contributed by atoms with Crippen molar-refractivity contribution in [3.63, 3.8) is 0 Å². The number of piperazine rings is 1. The van der Waals surface area contributed by atoms with Gasteiger partial charge in [-0.05, 0) is 69.6 Å². The van der Waals surface area contributed by atoms with Gasteiger partial charge in [0.25, 0.3) is 0 Å². The predicted molar refractivity (Wildman–Crippen MR) is 99.2 cm³/mol. The third-order valence-corrected chi connectivity index (χ3v) is 6.02. The first-order valence-electron chi connectivity index (χ1n) is 9.32. The van der Waals surface area contributed by atoms with Gasteiger partial charge in [-0.3, -0.25) is 0 Å². The van der Waals surface area contributed by atoms with Crippen LogP contribution in [-0.4, -0.2) is 44.5 Å². The van der Waals surface area contributed by atoms with Crippen molar-refractivity contribution in [1.82, 2.24) is 5.32 Å². The van der Waals surface area contributed by atoms with Crippen LogP contribution in [-0.2, 0) is 9.31 Å². The van der Waals surface area contributed by atoms with Gasteiger partial charge in [-0.1, -0.05) is 6.07 Å². The van der Waals surface area contributed by atoms with Crippen LogP contribution in [0.4, 0.5) is 5.69 Å². The Morgan fingerprint density at radius 3 is 2.21 bits per heavy atom. The van der Waals surface area contributed by atoms with E-state index in [0.717, 1.165) is 32.1 Å². The van der Waals surface area contributed by atoms with E-state index < -0.39 is 0 Å². The molecule has 1 aromatic carbocycles. The summed E-state index contributed by atoms with van der Waals surface area (Å²) in [5, 5.41) is 3.43. The largest absolute Gasteiger partial charge is 0.494 e. The van der Waals surface area contributed by atoms with E-state index in [2.05, 4.69) is 56.1 Å². The lowest BCUT2D eigenvalue weighted by Gasteiger charge is -2.32. The zero-order chi connectivity index (χ0) is 16.9. The van der Waals surface area contributed by atoms with Crippen molar-refractivity contribution in [3.05, 3.63) is 23.8 Å². The molecule has 5 heteroatoms. The van der Waals surface area contributed by atoms with Gasteiger partial charge < -0.3 is 19.5 Å². The molecule has 0 aromatic heterocycles. The lowest BCUT2D eigenvalue weighted by Crippen LogP contribution is -2.44.